The maximum absolute atomic E-state index is 9.78. The minimum atomic E-state index is -0.548. The summed E-state index contributed by atoms with van der Waals surface area (Å²) in [5.41, 5.74) is 2.86. The van der Waals surface area contributed by atoms with Crippen LogP contribution in [0.4, 0.5) is 0 Å². The standard InChI is InChI=1S/C19H26ClN3O3/c1-4-26-19-8-14(16(20)10-18(19)25-3)11-22-6-5-7-23-15(12-22)9-17(21-23)13(2)24/h8-10,13,24H,4-7,11-12H2,1-3H3/t13-/m0/s1. The summed E-state index contributed by atoms with van der Waals surface area (Å²) in [4.78, 5) is 2.34. The number of benzene rings is 1. The molecule has 0 spiro atoms. The quantitative estimate of drug-likeness (QED) is 0.833. The largest absolute Gasteiger partial charge is 0.493 e. The summed E-state index contributed by atoms with van der Waals surface area (Å²) in [6.07, 6.45) is 0.452. The first-order chi connectivity index (χ1) is 12.5. The van der Waals surface area contributed by atoms with Crippen molar-refractivity contribution in [2.75, 3.05) is 20.3 Å². The molecular weight excluding hydrogens is 354 g/mol. The van der Waals surface area contributed by atoms with Crippen molar-refractivity contribution in [2.45, 2.75) is 46.0 Å². The number of aliphatic hydroxyl groups is 1. The summed E-state index contributed by atoms with van der Waals surface area (Å²) >= 11 is 6.47. The summed E-state index contributed by atoms with van der Waals surface area (Å²) < 4.78 is 13.0. The van der Waals surface area contributed by atoms with Gasteiger partial charge in [0, 0.05) is 37.3 Å². The molecule has 0 saturated carbocycles. The van der Waals surface area contributed by atoms with Crippen molar-refractivity contribution in [1.82, 2.24) is 14.7 Å². The Kier molecular flexibility index (Phi) is 6.06. The number of halogens is 1. The van der Waals surface area contributed by atoms with Crippen LogP contribution >= 0.6 is 11.6 Å². The average Bonchev–Trinajstić information content (AvgIpc) is 2.91. The van der Waals surface area contributed by atoms with Crippen molar-refractivity contribution >= 4 is 11.6 Å². The lowest BCUT2D eigenvalue weighted by molar-refractivity contribution is 0.193. The highest BCUT2D eigenvalue weighted by Crippen LogP contribution is 2.34. The van der Waals surface area contributed by atoms with E-state index in [4.69, 9.17) is 21.1 Å². The minimum Gasteiger partial charge on any atom is -0.493 e. The second-order valence-electron chi connectivity index (χ2n) is 6.55. The molecule has 0 amide bonds. The van der Waals surface area contributed by atoms with E-state index >= 15 is 0 Å². The van der Waals surface area contributed by atoms with Crippen molar-refractivity contribution in [3.05, 3.63) is 40.2 Å². The van der Waals surface area contributed by atoms with E-state index < -0.39 is 6.10 Å². The fourth-order valence-corrected chi connectivity index (χ4v) is 3.47. The van der Waals surface area contributed by atoms with Gasteiger partial charge in [0.1, 0.15) is 0 Å². The molecule has 1 atom stereocenters. The monoisotopic (exact) mass is 379 g/mol. The van der Waals surface area contributed by atoms with Gasteiger partial charge in [-0.05, 0) is 38.0 Å². The second kappa shape index (κ2) is 8.29. The summed E-state index contributed by atoms with van der Waals surface area (Å²) in [5.74, 6) is 1.36. The maximum atomic E-state index is 9.78. The first-order valence-electron chi connectivity index (χ1n) is 8.98. The van der Waals surface area contributed by atoms with Crippen molar-refractivity contribution in [2.24, 2.45) is 0 Å². The zero-order valence-corrected chi connectivity index (χ0v) is 16.3. The van der Waals surface area contributed by atoms with E-state index in [1.165, 1.54) is 0 Å². The van der Waals surface area contributed by atoms with Gasteiger partial charge in [0.15, 0.2) is 11.5 Å². The fourth-order valence-electron chi connectivity index (χ4n) is 3.26. The van der Waals surface area contributed by atoms with Gasteiger partial charge in [0.25, 0.3) is 0 Å². The Hall–Kier alpha value is -1.76. The topological polar surface area (TPSA) is 59.8 Å². The number of fused-ring (bicyclic) bond motifs is 1. The summed E-state index contributed by atoms with van der Waals surface area (Å²) in [7, 11) is 1.61. The zero-order valence-electron chi connectivity index (χ0n) is 15.5. The van der Waals surface area contributed by atoms with Gasteiger partial charge in [-0.3, -0.25) is 9.58 Å². The molecule has 7 heteroatoms. The number of aliphatic hydroxyl groups excluding tert-OH is 1. The van der Waals surface area contributed by atoms with Crippen molar-refractivity contribution in [1.29, 1.82) is 0 Å². The lowest BCUT2D eigenvalue weighted by atomic mass is 10.1. The number of rotatable bonds is 6. The Morgan fingerprint density at radius 2 is 2.08 bits per heavy atom. The van der Waals surface area contributed by atoms with Gasteiger partial charge in [-0.2, -0.15) is 5.10 Å². The Labute approximate surface area is 159 Å². The fraction of sp³-hybridized carbons (Fsp3) is 0.526. The van der Waals surface area contributed by atoms with Gasteiger partial charge < -0.3 is 14.6 Å². The molecule has 1 aromatic heterocycles. The second-order valence-corrected chi connectivity index (χ2v) is 6.96. The van der Waals surface area contributed by atoms with E-state index in [2.05, 4.69) is 10.00 Å². The van der Waals surface area contributed by atoms with Crippen LogP contribution in [0.15, 0.2) is 18.2 Å². The van der Waals surface area contributed by atoms with E-state index in [0.717, 1.165) is 49.6 Å². The molecule has 2 heterocycles. The van der Waals surface area contributed by atoms with Gasteiger partial charge in [0.05, 0.1) is 31.2 Å². The lowest BCUT2D eigenvalue weighted by Gasteiger charge is -2.21. The Balaban J connectivity index is 1.80. The molecule has 2 aromatic rings. The number of ether oxygens (including phenoxy) is 2. The lowest BCUT2D eigenvalue weighted by Crippen LogP contribution is -2.23. The Morgan fingerprint density at radius 1 is 1.27 bits per heavy atom. The third-order valence-corrected chi connectivity index (χ3v) is 4.92. The van der Waals surface area contributed by atoms with E-state index in [0.29, 0.717) is 23.1 Å². The summed E-state index contributed by atoms with van der Waals surface area (Å²) in [6.45, 7) is 7.57. The maximum Gasteiger partial charge on any atom is 0.162 e. The molecule has 1 N–H and O–H groups in total. The third-order valence-electron chi connectivity index (χ3n) is 4.57. The van der Waals surface area contributed by atoms with Crippen LogP contribution in [-0.2, 0) is 19.6 Å². The van der Waals surface area contributed by atoms with Crippen LogP contribution < -0.4 is 9.47 Å². The Bertz CT molecular complexity index is 761. The van der Waals surface area contributed by atoms with Crippen LogP contribution in [0.2, 0.25) is 5.02 Å². The molecule has 1 aliphatic heterocycles. The van der Waals surface area contributed by atoms with E-state index in [1.807, 2.05) is 29.8 Å². The number of nitrogens with zero attached hydrogens (tertiary/aromatic N) is 3. The first kappa shape index (κ1) is 19.0. The summed E-state index contributed by atoms with van der Waals surface area (Å²) in [5, 5.41) is 15.0. The van der Waals surface area contributed by atoms with Crippen LogP contribution in [-0.4, -0.2) is 40.0 Å². The molecule has 1 aliphatic rings. The van der Waals surface area contributed by atoms with Gasteiger partial charge in [-0.25, -0.2) is 0 Å². The smallest absolute Gasteiger partial charge is 0.162 e. The van der Waals surface area contributed by atoms with E-state index in [1.54, 1.807) is 14.0 Å². The van der Waals surface area contributed by atoms with E-state index in [-0.39, 0.29) is 0 Å². The molecule has 0 saturated heterocycles. The zero-order chi connectivity index (χ0) is 18.7. The third kappa shape index (κ3) is 4.14. The highest BCUT2D eigenvalue weighted by atomic mass is 35.5. The number of aryl methyl sites for hydroxylation is 1. The predicted molar refractivity (Wildman–Crippen MR) is 101 cm³/mol. The van der Waals surface area contributed by atoms with Crippen LogP contribution in [0.25, 0.3) is 0 Å². The van der Waals surface area contributed by atoms with Crippen LogP contribution in [0.3, 0.4) is 0 Å². The normalized spacial score (nSPS) is 16.0. The number of aromatic nitrogens is 2. The van der Waals surface area contributed by atoms with Crippen LogP contribution in [0, 0.1) is 0 Å². The number of methoxy groups -OCH3 is 1. The molecule has 0 aliphatic carbocycles. The number of hydrogen-bond donors (Lipinski definition) is 1. The Morgan fingerprint density at radius 3 is 2.77 bits per heavy atom. The molecule has 0 bridgehead atoms. The van der Waals surface area contributed by atoms with Crippen LogP contribution in [0.1, 0.15) is 43.3 Å². The van der Waals surface area contributed by atoms with Gasteiger partial charge >= 0.3 is 0 Å². The van der Waals surface area contributed by atoms with Crippen LogP contribution in [0.5, 0.6) is 11.5 Å². The van der Waals surface area contributed by atoms with Gasteiger partial charge in [0.2, 0.25) is 0 Å². The average molecular weight is 380 g/mol. The molecule has 142 valence electrons. The van der Waals surface area contributed by atoms with Crippen molar-refractivity contribution in [3.63, 3.8) is 0 Å². The molecule has 3 rings (SSSR count). The molecule has 1 aromatic carbocycles. The van der Waals surface area contributed by atoms with Crippen molar-refractivity contribution < 1.29 is 14.6 Å². The first-order valence-corrected chi connectivity index (χ1v) is 9.35. The highest BCUT2D eigenvalue weighted by Gasteiger charge is 2.20. The molecule has 6 nitrogen and oxygen atoms in total. The summed E-state index contributed by atoms with van der Waals surface area (Å²) in [6, 6.07) is 5.77. The SMILES string of the molecule is CCOc1cc(CN2CCCn3nc([C@H](C)O)cc3C2)c(Cl)cc1OC. The highest BCUT2D eigenvalue weighted by molar-refractivity contribution is 6.31. The molecule has 0 radical (unpaired) electrons. The molecule has 0 unspecified atom stereocenters. The molecule has 26 heavy (non-hydrogen) atoms. The van der Waals surface area contributed by atoms with Gasteiger partial charge in [-0.15, -0.1) is 0 Å². The minimum absolute atomic E-state index is 0.548. The van der Waals surface area contributed by atoms with Gasteiger partial charge in [-0.1, -0.05) is 11.6 Å². The number of hydrogen-bond acceptors (Lipinski definition) is 5. The molecule has 0 fully saturated rings. The molecular formula is C19H26ClN3O3. The van der Waals surface area contributed by atoms with Crippen molar-refractivity contribution in [3.8, 4) is 11.5 Å². The predicted octanol–water partition coefficient (Wildman–Crippen LogP) is 3.40. The van der Waals surface area contributed by atoms with E-state index in [9.17, 15) is 5.11 Å².